The van der Waals surface area contributed by atoms with Crippen molar-refractivity contribution < 1.29 is 9.90 Å². The van der Waals surface area contributed by atoms with Crippen molar-refractivity contribution in [2.45, 2.75) is 20.8 Å². The van der Waals surface area contributed by atoms with Gasteiger partial charge in [0.1, 0.15) is 5.75 Å². The van der Waals surface area contributed by atoms with Crippen molar-refractivity contribution in [3.8, 4) is 5.75 Å². The van der Waals surface area contributed by atoms with Crippen molar-refractivity contribution in [2.24, 2.45) is 4.99 Å². The number of hydrogen-bond donors (Lipinski definition) is 1. The molecule has 1 N–H and O–H groups in total. The van der Waals surface area contributed by atoms with Crippen LogP contribution in [-0.4, -0.2) is 16.6 Å². The number of phenolic OH excluding ortho intramolecular Hbond substituents is 1. The van der Waals surface area contributed by atoms with Crippen molar-refractivity contribution in [1.82, 2.24) is 0 Å². The van der Waals surface area contributed by atoms with Crippen molar-refractivity contribution in [3.05, 3.63) is 47.1 Å². The SMILES string of the molecule is CC1=CC(=O)C=C(C)C1=Nc1ccc(O)cc1C. The molecule has 1 aromatic rings. The Morgan fingerprint density at radius 3 is 2.22 bits per heavy atom. The van der Waals surface area contributed by atoms with E-state index in [-0.39, 0.29) is 11.5 Å². The van der Waals surface area contributed by atoms with Crippen LogP contribution in [0.1, 0.15) is 19.4 Å². The summed E-state index contributed by atoms with van der Waals surface area (Å²) in [6, 6.07) is 5.05. The maximum atomic E-state index is 11.4. The Labute approximate surface area is 106 Å². The zero-order valence-electron chi connectivity index (χ0n) is 10.7. The summed E-state index contributed by atoms with van der Waals surface area (Å²) in [5, 5.41) is 9.37. The second kappa shape index (κ2) is 4.61. The predicted octanol–water partition coefficient (Wildman–Crippen LogP) is 3.25. The summed E-state index contributed by atoms with van der Waals surface area (Å²) in [7, 11) is 0. The van der Waals surface area contributed by atoms with Crippen LogP contribution in [0.15, 0.2) is 46.5 Å². The average molecular weight is 241 g/mol. The van der Waals surface area contributed by atoms with Crippen LogP contribution in [0.2, 0.25) is 0 Å². The molecule has 2 rings (SSSR count). The Hall–Kier alpha value is -2.16. The first kappa shape index (κ1) is 12.3. The van der Waals surface area contributed by atoms with Crippen LogP contribution in [0.5, 0.6) is 5.75 Å². The Balaban J connectivity index is 2.48. The van der Waals surface area contributed by atoms with Gasteiger partial charge in [-0.2, -0.15) is 0 Å². The van der Waals surface area contributed by atoms with Crippen LogP contribution >= 0.6 is 0 Å². The van der Waals surface area contributed by atoms with Gasteiger partial charge in [0.25, 0.3) is 0 Å². The molecule has 0 fully saturated rings. The fourth-order valence-electron chi connectivity index (χ4n) is 1.98. The number of nitrogens with zero attached hydrogens (tertiary/aromatic N) is 1. The molecule has 1 aliphatic rings. The lowest BCUT2D eigenvalue weighted by atomic mass is 9.97. The molecule has 0 saturated heterocycles. The van der Waals surface area contributed by atoms with Crippen LogP contribution in [-0.2, 0) is 4.79 Å². The lowest BCUT2D eigenvalue weighted by Gasteiger charge is -2.12. The monoisotopic (exact) mass is 241 g/mol. The number of aromatic hydroxyl groups is 1. The van der Waals surface area contributed by atoms with Crippen molar-refractivity contribution in [3.63, 3.8) is 0 Å². The second-order valence-corrected chi connectivity index (χ2v) is 4.49. The zero-order valence-corrected chi connectivity index (χ0v) is 10.7. The molecule has 92 valence electrons. The Morgan fingerprint density at radius 1 is 1.06 bits per heavy atom. The molecule has 0 aliphatic heterocycles. The first-order valence-electron chi connectivity index (χ1n) is 5.77. The molecule has 0 spiro atoms. The summed E-state index contributed by atoms with van der Waals surface area (Å²) in [4.78, 5) is 15.9. The number of carbonyl (C=O) groups excluding carboxylic acids is 1. The average Bonchev–Trinajstić information content (AvgIpc) is 2.25. The zero-order chi connectivity index (χ0) is 13.3. The quantitative estimate of drug-likeness (QED) is 0.767. The summed E-state index contributed by atoms with van der Waals surface area (Å²) in [6.07, 6.45) is 3.17. The van der Waals surface area contributed by atoms with E-state index in [0.29, 0.717) is 0 Å². The number of hydrogen-bond acceptors (Lipinski definition) is 3. The fraction of sp³-hybridized carbons (Fsp3) is 0.200. The van der Waals surface area contributed by atoms with E-state index in [1.54, 1.807) is 30.4 Å². The molecule has 0 heterocycles. The second-order valence-electron chi connectivity index (χ2n) is 4.49. The maximum Gasteiger partial charge on any atom is 0.179 e. The highest BCUT2D eigenvalue weighted by Gasteiger charge is 2.13. The van der Waals surface area contributed by atoms with Crippen LogP contribution in [0.3, 0.4) is 0 Å². The van der Waals surface area contributed by atoms with E-state index < -0.39 is 0 Å². The molecule has 3 heteroatoms. The number of carbonyl (C=O) groups is 1. The van der Waals surface area contributed by atoms with Crippen LogP contribution < -0.4 is 0 Å². The minimum Gasteiger partial charge on any atom is -0.508 e. The Morgan fingerprint density at radius 2 is 1.67 bits per heavy atom. The van der Waals surface area contributed by atoms with E-state index in [9.17, 15) is 9.90 Å². The van der Waals surface area contributed by atoms with Crippen LogP contribution in [0.25, 0.3) is 0 Å². The summed E-state index contributed by atoms with van der Waals surface area (Å²) in [5.41, 5.74) is 4.26. The number of benzene rings is 1. The van der Waals surface area contributed by atoms with E-state index in [0.717, 1.165) is 28.1 Å². The number of aryl methyl sites for hydroxylation is 1. The molecule has 0 amide bonds. The molecule has 0 bridgehead atoms. The van der Waals surface area contributed by atoms with Gasteiger partial charge >= 0.3 is 0 Å². The van der Waals surface area contributed by atoms with Gasteiger partial charge in [0, 0.05) is 0 Å². The normalized spacial score (nSPS) is 15.3. The van der Waals surface area contributed by atoms with Gasteiger partial charge in [0.15, 0.2) is 5.78 Å². The van der Waals surface area contributed by atoms with Gasteiger partial charge in [0.05, 0.1) is 11.4 Å². The van der Waals surface area contributed by atoms with Gasteiger partial charge in [-0.25, -0.2) is 4.99 Å². The fourth-order valence-corrected chi connectivity index (χ4v) is 1.98. The summed E-state index contributed by atoms with van der Waals surface area (Å²) in [6.45, 7) is 5.65. The summed E-state index contributed by atoms with van der Waals surface area (Å²) in [5.74, 6) is 0.237. The number of ketones is 1. The molecule has 1 aromatic carbocycles. The van der Waals surface area contributed by atoms with Gasteiger partial charge in [-0.15, -0.1) is 0 Å². The number of phenols is 1. The smallest absolute Gasteiger partial charge is 0.179 e. The van der Waals surface area contributed by atoms with Crippen molar-refractivity contribution >= 4 is 17.2 Å². The highest BCUT2D eigenvalue weighted by Crippen LogP contribution is 2.25. The Kier molecular flexibility index (Phi) is 3.15. The number of aliphatic imine (C=N–C) groups is 1. The molecule has 3 nitrogen and oxygen atoms in total. The predicted molar refractivity (Wildman–Crippen MR) is 72.5 cm³/mol. The van der Waals surface area contributed by atoms with E-state index in [4.69, 9.17) is 0 Å². The lowest BCUT2D eigenvalue weighted by Crippen LogP contribution is -2.10. The molecule has 0 radical (unpaired) electrons. The summed E-state index contributed by atoms with van der Waals surface area (Å²) < 4.78 is 0. The lowest BCUT2D eigenvalue weighted by molar-refractivity contribution is -0.110. The number of rotatable bonds is 1. The maximum absolute atomic E-state index is 11.4. The van der Waals surface area contributed by atoms with Crippen molar-refractivity contribution in [2.75, 3.05) is 0 Å². The van der Waals surface area contributed by atoms with E-state index in [1.165, 1.54) is 0 Å². The molecule has 0 unspecified atom stereocenters. The molecular weight excluding hydrogens is 226 g/mol. The molecule has 0 aromatic heterocycles. The third kappa shape index (κ3) is 2.40. The number of allylic oxidation sites excluding steroid dienone is 4. The standard InChI is InChI=1S/C15H15NO2/c1-9-6-12(17)4-5-14(9)16-15-10(2)7-13(18)8-11(15)3/h4-8,17H,1-3H3. The highest BCUT2D eigenvalue weighted by atomic mass is 16.3. The largest absolute Gasteiger partial charge is 0.508 e. The van der Waals surface area contributed by atoms with E-state index in [2.05, 4.69) is 4.99 Å². The molecule has 0 atom stereocenters. The van der Waals surface area contributed by atoms with Crippen molar-refractivity contribution in [1.29, 1.82) is 0 Å². The van der Waals surface area contributed by atoms with Crippen LogP contribution in [0, 0.1) is 6.92 Å². The third-order valence-electron chi connectivity index (χ3n) is 2.88. The van der Waals surface area contributed by atoms with E-state index in [1.807, 2.05) is 20.8 Å². The van der Waals surface area contributed by atoms with Gasteiger partial charge in [0.2, 0.25) is 0 Å². The topological polar surface area (TPSA) is 49.7 Å². The minimum atomic E-state index is 0.00591. The van der Waals surface area contributed by atoms with Crippen LogP contribution in [0.4, 0.5) is 5.69 Å². The van der Waals surface area contributed by atoms with E-state index >= 15 is 0 Å². The molecule has 1 aliphatic carbocycles. The third-order valence-corrected chi connectivity index (χ3v) is 2.88. The first-order valence-corrected chi connectivity index (χ1v) is 5.77. The van der Waals surface area contributed by atoms with Gasteiger partial charge in [-0.05, 0) is 67.8 Å². The Bertz CT molecular complexity index is 583. The first-order chi connectivity index (χ1) is 8.47. The molecule has 0 saturated carbocycles. The van der Waals surface area contributed by atoms with Gasteiger partial charge in [-0.1, -0.05) is 0 Å². The minimum absolute atomic E-state index is 0.00591. The van der Waals surface area contributed by atoms with Gasteiger partial charge in [-0.3, -0.25) is 4.79 Å². The highest BCUT2D eigenvalue weighted by molar-refractivity contribution is 6.22. The molecular formula is C15H15NO2. The summed E-state index contributed by atoms with van der Waals surface area (Å²) >= 11 is 0. The molecule has 18 heavy (non-hydrogen) atoms. The van der Waals surface area contributed by atoms with Gasteiger partial charge < -0.3 is 5.11 Å².